The van der Waals surface area contributed by atoms with Gasteiger partial charge in [0.25, 0.3) is 5.69 Å². The molecule has 0 aliphatic rings. The van der Waals surface area contributed by atoms with E-state index in [1.165, 1.54) is 36.0 Å². The minimum atomic E-state index is -0.486. The van der Waals surface area contributed by atoms with Crippen LogP contribution in [0, 0.1) is 10.1 Å². The number of nitrogens with zero attached hydrogens (tertiary/aromatic N) is 4. The Balaban J connectivity index is 1.67. The van der Waals surface area contributed by atoms with E-state index in [1.54, 1.807) is 11.3 Å². The number of fused-ring (bicyclic) bond motifs is 1. The van der Waals surface area contributed by atoms with Crippen molar-refractivity contribution in [3.05, 3.63) is 58.8 Å². The third-order valence-corrected chi connectivity index (χ3v) is 4.34. The number of nitro groups is 1. The summed E-state index contributed by atoms with van der Waals surface area (Å²) in [6.45, 7) is 1.76. The van der Waals surface area contributed by atoms with E-state index in [0.29, 0.717) is 16.5 Å². The number of pyridine rings is 1. The van der Waals surface area contributed by atoms with Crippen LogP contribution < -0.4 is 5.32 Å². The highest BCUT2D eigenvalue weighted by Gasteiger charge is 2.18. The van der Waals surface area contributed by atoms with E-state index in [0.717, 1.165) is 0 Å². The number of benzene rings is 1. The van der Waals surface area contributed by atoms with E-state index in [2.05, 4.69) is 15.5 Å². The van der Waals surface area contributed by atoms with Gasteiger partial charge in [0.15, 0.2) is 10.8 Å². The van der Waals surface area contributed by atoms with Crippen LogP contribution in [0.3, 0.4) is 0 Å². The van der Waals surface area contributed by atoms with E-state index in [4.69, 9.17) is 0 Å². The van der Waals surface area contributed by atoms with Crippen molar-refractivity contribution in [3.63, 3.8) is 0 Å². The lowest BCUT2D eigenvalue weighted by atomic mass is 10.3. The highest BCUT2D eigenvalue weighted by atomic mass is 32.2. The van der Waals surface area contributed by atoms with Crippen LogP contribution in [-0.4, -0.2) is 30.7 Å². The Labute approximate surface area is 141 Å². The van der Waals surface area contributed by atoms with E-state index in [1.807, 2.05) is 24.4 Å². The van der Waals surface area contributed by atoms with Gasteiger partial charge in [0.1, 0.15) is 0 Å². The second-order valence-corrected chi connectivity index (χ2v) is 6.27. The average molecular weight is 343 g/mol. The predicted octanol–water partition coefficient (Wildman–Crippen LogP) is 2.76. The zero-order chi connectivity index (χ0) is 17.1. The van der Waals surface area contributed by atoms with Crippen molar-refractivity contribution in [2.75, 3.05) is 5.32 Å². The molecule has 0 radical (unpaired) electrons. The molecule has 9 heteroatoms. The summed E-state index contributed by atoms with van der Waals surface area (Å²) in [7, 11) is 0. The number of aromatic nitrogens is 3. The summed E-state index contributed by atoms with van der Waals surface area (Å²) in [5.41, 5.74) is 1.19. The molecule has 122 valence electrons. The Morgan fingerprint density at radius 2 is 2.00 bits per heavy atom. The second kappa shape index (κ2) is 6.67. The Morgan fingerprint density at radius 1 is 1.25 bits per heavy atom. The van der Waals surface area contributed by atoms with Crippen molar-refractivity contribution < 1.29 is 9.72 Å². The van der Waals surface area contributed by atoms with Gasteiger partial charge < -0.3 is 5.32 Å². The molecule has 0 bridgehead atoms. The fraction of sp³-hybridized carbons (Fsp3) is 0.133. The molecule has 1 amide bonds. The van der Waals surface area contributed by atoms with Gasteiger partial charge in [-0.2, -0.15) is 0 Å². The Morgan fingerprint density at radius 3 is 2.71 bits per heavy atom. The first kappa shape index (κ1) is 15.9. The van der Waals surface area contributed by atoms with Crippen LogP contribution in [0.4, 0.5) is 11.4 Å². The number of rotatable bonds is 5. The molecule has 8 nitrogen and oxygen atoms in total. The number of carbonyl (C=O) groups is 1. The summed E-state index contributed by atoms with van der Waals surface area (Å²) in [5, 5.41) is 21.7. The summed E-state index contributed by atoms with van der Waals surface area (Å²) in [5.74, 6) is -0.221. The molecule has 24 heavy (non-hydrogen) atoms. The third-order valence-electron chi connectivity index (χ3n) is 3.28. The Hall–Kier alpha value is -2.94. The summed E-state index contributed by atoms with van der Waals surface area (Å²) in [6, 6.07) is 11.3. The monoisotopic (exact) mass is 343 g/mol. The molecular formula is C15H13N5O3S. The largest absolute Gasteiger partial charge is 0.325 e. The Kier molecular flexibility index (Phi) is 4.43. The van der Waals surface area contributed by atoms with Gasteiger partial charge in [-0.15, -0.1) is 10.2 Å². The van der Waals surface area contributed by atoms with Crippen LogP contribution in [0.25, 0.3) is 5.65 Å². The van der Waals surface area contributed by atoms with Crippen molar-refractivity contribution in [1.29, 1.82) is 0 Å². The quantitative estimate of drug-likeness (QED) is 0.434. The maximum absolute atomic E-state index is 12.3. The van der Waals surface area contributed by atoms with Gasteiger partial charge in [0.05, 0.1) is 10.2 Å². The fourth-order valence-electron chi connectivity index (χ4n) is 2.02. The number of hydrogen-bond donors (Lipinski definition) is 1. The molecule has 0 aliphatic carbocycles. The lowest BCUT2D eigenvalue weighted by molar-refractivity contribution is -0.384. The first-order valence-corrected chi connectivity index (χ1v) is 7.94. The van der Waals surface area contributed by atoms with Crippen LogP contribution >= 0.6 is 11.8 Å². The molecule has 3 rings (SSSR count). The van der Waals surface area contributed by atoms with Gasteiger partial charge >= 0.3 is 0 Å². The molecule has 2 aromatic heterocycles. The smallest absolute Gasteiger partial charge is 0.269 e. The van der Waals surface area contributed by atoms with Crippen molar-refractivity contribution in [1.82, 2.24) is 14.6 Å². The van der Waals surface area contributed by atoms with Crippen LogP contribution in [0.2, 0.25) is 0 Å². The van der Waals surface area contributed by atoms with E-state index in [9.17, 15) is 14.9 Å². The highest BCUT2D eigenvalue weighted by molar-refractivity contribution is 8.00. The lowest BCUT2D eigenvalue weighted by Gasteiger charge is -2.10. The number of non-ortho nitro benzene ring substituents is 1. The number of nitro benzene ring substituents is 1. The maximum Gasteiger partial charge on any atom is 0.269 e. The molecule has 1 unspecified atom stereocenters. The number of thioether (sulfide) groups is 1. The highest BCUT2D eigenvalue weighted by Crippen LogP contribution is 2.23. The number of carbonyl (C=O) groups excluding carboxylic acids is 1. The minimum absolute atomic E-state index is 0.0228. The summed E-state index contributed by atoms with van der Waals surface area (Å²) in [6.07, 6.45) is 1.83. The topological polar surface area (TPSA) is 102 Å². The second-order valence-electron chi connectivity index (χ2n) is 4.96. The van der Waals surface area contributed by atoms with Gasteiger partial charge in [-0.3, -0.25) is 19.3 Å². The minimum Gasteiger partial charge on any atom is -0.325 e. The van der Waals surface area contributed by atoms with Gasteiger partial charge in [-0.1, -0.05) is 17.8 Å². The first-order valence-electron chi connectivity index (χ1n) is 7.06. The van der Waals surface area contributed by atoms with Crippen molar-refractivity contribution in [3.8, 4) is 0 Å². The number of amides is 1. The van der Waals surface area contributed by atoms with Gasteiger partial charge in [-0.05, 0) is 31.2 Å². The first-order chi connectivity index (χ1) is 11.5. The third kappa shape index (κ3) is 3.35. The van der Waals surface area contributed by atoms with Gasteiger partial charge in [0.2, 0.25) is 5.91 Å². The average Bonchev–Trinajstić information content (AvgIpc) is 2.98. The number of nitrogens with one attached hydrogen (secondary N) is 1. The van der Waals surface area contributed by atoms with Crippen molar-refractivity contribution in [2.45, 2.75) is 17.3 Å². The van der Waals surface area contributed by atoms with Gasteiger partial charge in [0, 0.05) is 24.0 Å². The molecule has 0 saturated carbocycles. The molecular weight excluding hydrogens is 330 g/mol. The van der Waals surface area contributed by atoms with Crippen LogP contribution in [-0.2, 0) is 4.79 Å². The summed E-state index contributed by atoms with van der Waals surface area (Å²) < 4.78 is 1.81. The van der Waals surface area contributed by atoms with Crippen LogP contribution in [0.5, 0.6) is 0 Å². The van der Waals surface area contributed by atoms with Crippen molar-refractivity contribution >= 4 is 34.7 Å². The van der Waals surface area contributed by atoms with E-state index in [-0.39, 0.29) is 11.6 Å². The number of hydrogen-bond acceptors (Lipinski definition) is 6. The standard InChI is InChI=1S/C15H13N5O3S/c1-10(24-15-18-17-13-4-2-3-9-19(13)15)14(21)16-11-5-7-12(8-6-11)20(22)23/h2-10H,1H3,(H,16,21). The normalized spacial score (nSPS) is 12.0. The van der Waals surface area contributed by atoms with Crippen LogP contribution in [0.1, 0.15) is 6.92 Å². The molecule has 0 fully saturated rings. The summed E-state index contributed by atoms with van der Waals surface area (Å²) in [4.78, 5) is 22.4. The fourth-order valence-corrected chi connectivity index (χ4v) is 2.86. The predicted molar refractivity (Wildman–Crippen MR) is 90.0 cm³/mol. The van der Waals surface area contributed by atoms with E-state index >= 15 is 0 Å². The molecule has 3 aromatic rings. The van der Waals surface area contributed by atoms with Crippen LogP contribution in [0.15, 0.2) is 53.8 Å². The number of anilines is 1. The molecule has 0 spiro atoms. The molecule has 1 aromatic carbocycles. The van der Waals surface area contributed by atoms with E-state index < -0.39 is 10.2 Å². The zero-order valence-corrected chi connectivity index (χ0v) is 13.4. The van der Waals surface area contributed by atoms with Gasteiger partial charge in [-0.25, -0.2) is 0 Å². The Bertz CT molecular complexity index is 894. The molecule has 0 aliphatic heterocycles. The van der Waals surface area contributed by atoms with Crippen molar-refractivity contribution in [2.24, 2.45) is 0 Å². The lowest BCUT2D eigenvalue weighted by Crippen LogP contribution is -2.22. The summed E-state index contributed by atoms with van der Waals surface area (Å²) >= 11 is 1.28. The molecule has 1 atom stereocenters. The zero-order valence-electron chi connectivity index (χ0n) is 12.6. The maximum atomic E-state index is 12.3. The SMILES string of the molecule is CC(Sc1nnc2ccccn12)C(=O)Nc1ccc([N+](=O)[O-])cc1. The molecule has 1 N–H and O–H groups in total. The molecule has 2 heterocycles. The molecule has 0 saturated heterocycles.